The maximum absolute atomic E-state index is 12.2. The van der Waals surface area contributed by atoms with Crippen molar-refractivity contribution in [3.63, 3.8) is 0 Å². The molecular formula is C13H12N2O4. The highest BCUT2D eigenvalue weighted by atomic mass is 16.3. The molecule has 2 aliphatic heterocycles. The number of benzene rings is 1. The van der Waals surface area contributed by atoms with Crippen molar-refractivity contribution < 1.29 is 19.5 Å². The molecule has 0 aliphatic carbocycles. The lowest BCUT2D eigenvalue weighted by molar-refractivity contribution is -0.163. The van der Waals surface area contributed by atoms with Gasteiger partial charge in [-0.15, -0.1) is 0 Å². The second-order valence-electron chi connectivity index (χ2n) is 4.62. The van der Waals surface area contributed by atoms with Gasteiger partial charge in [0.2, 0.25) is 11.8 Å². The van der Waals surface area contributed by atoms with Crippen molar-refractivity contribution in [1.82, 2.24) is 10.0 Å². The average molecular weight is 260 g/mol. The SMILES string of the molecule is O=C1c2cccc(O)c2CN1N1C(=O)CCCC1=O. The van der Waals surface area contributed by atoms with Crippen LogP contribution in [0.3, 0.4) is 0 Å². The molecule has 2 heterocycles. The van der Waals surface area contributed by atoms with Gasteiger partial charge < -0.3 is 5.11 Å². The first kappa shape index (κ1) is 11.7. The van der Waals surface area contributed by atoms with Crippen LogP contribution in [0.1, 0.15) is 35.2 Å². The number of hydrogen-bond acceptors (Lipinski definition) is 4. The van der Waals surface area contributed by atoms with Crippen molar-refractivity contribution >= 4 is 17.7 Å². The fraction of sp³-hybridized carbons (Fsp3) is 0.308. The Kier molecular flexibility index (Phi) is 2.51. The summed E-state index contributed by atoms with van der Waals surface area (Å²) in [5, 5.41) is 11.8. The van der Waals surface area contributed by atoms with Gasteiger partial charge in [0.1, 0.15) is 5.75 Å². The zero-order valence-electron chi connectivity index (χ0n) is 10.1. The number of aromatic hydroxyl groups is 1. The summed E-state index contributed by atoms with van der Waals surface area (Å²) < 4.78 is 0. The van der Waals surface area contributed by atoms with Crippen molar-refractivity contribution in [3.8, 4) is 5.75 Å². The number of amides is 3. The third-order valence-electron chi connectivity index (χ3n) is 3.42. The molecule has 1 aromatic carbocycles. The predicted octanol–water partition coefficient (Wildman–Crippen LogP) is 0.802. The Morgan fingerprint density at radius 1 is 1.05 bits per heavy atom. The summed E-state index contributed by atoms with van der Waals surface area (Å²) in [6, 6.07) is 4.63. The summed E-state index contributed by atoms with van der Waals surface area (Å²) in [5.74, 6) is -1.14. The van der Waals surface area contributed by atoms with Gasteiger partial charge >= 0.3 is 0 Å². The number of carbonyl (C=O) groups excluding carboxylic acids is 3. The molecular weight excluding hydrogens is 248 g/mol. The molecule has 1 aromatic rings. The normalized spacial score (nSPS) is 19.1. The Morgan fingerprint density at radius 3 is 2.37 bits per heavy atom. The van der Waals surface area contributed by atoms with Crippen molar-refractivity contribution in [3.05, 3.63) is 29.3 Å². The van der Waals surface area contributed by atoms with Crippen LogP contribution in [-0.2, 0) is 16.1 Å². The van der Waals surface area contributed by atoms with Crippen LogP contribution in [-0.4, -0.2) is 32.8 Å². The van der Waals surface area contributed by atoms with E-state index in [-0.39, 0.29) is 37.0 Å². The van der Waals surface area contributed by atoms with E-state index < -0.39 is 5.91 Å². The molecule has 19 heavy (non-hydrogen) atoms. The monoisotopic (exact) mass is 260 g/mol. The Labute approximate surface area is 109 Å². The number of piperidine rings is 1. The Balaban J connectivity index is 1.97. The van der Waals surface area contributed by atoms with E-state index in [1.165, 1.54) is 6.07 Å². The van der Waals surface area contributed by atoms with E-state index in [1.54, 1.807) is 12.1 Å². The number of hydrogen-bond donors (Lipinski definition) is 1. The first-order chi connectivity index (χ1) is 9.09. The molecule has 1 fully saturated rings. The molecule has 0 bridgehead atoms. The molecule has 1 N–H and O–H groups in total. The minimum absolute atomic E-state index is 0.00487. The maximum Gasteiger partial charge on any atom is 0.273 e. The molecule has 6 nitrogen and oxygen atoms in total. The van der Waals surface area contributed by atoms with Gasteiger partial charge in [-0.2, -0.15) is 5.01 Å². The zero-order valence-corrected chi connectivity index (χ0v) is 10.1. The van der Waals surface area contributed by atoms with Crippen molar-refractivity contribution in [2.24, 2.45) is 0 Å². The van der Waals surface area contributed by atoms with E-state index >= 15 is 0 Å². The smallest absolute Gasteiger partial charge is 0.273 e. The van der Waals surface area contributed by atoms with Crippen LogP contribution < -0.4 is 0 Å². The summed E-state index contributed by atoms with van der Waals surface area (Å²) >= 11 is 0. The highest BCUT2D eigenvalue weighted by Crippen LogP contribution is 2.32. The zero-order chi connectivity index (χ0) is 13.6. The fourth-order valence-electron chi connectivity index (χ4n) is 2.47. The molecule has 98 valence electrons. The third-order valence-corrected chi connectivity index (χ3v) is 3.42. The van der Waals surface area contributed by atoms with Gasteiger partial charge in [0.25, 0.3) is 5.91 Å². The summed E-state index contributed by atoms with van der Waals surface area (Å²) in [6.45, 7) is 0.0539. The van der Waals surface area contributed by atoms with E-state index in [9.17, 15) is 19.5 Å². The quantitative estimate of drug-likeness (QED) is 0.758. The fourth-order valence-corrected chi connectivity index (χ4v) is 2.47. The molecule has 6 heteroatoms. The lowest BCUT2D eigenvalue weighted by Crippen LogP contribution is -2.51. The van der Waals surface area contributed by atoms with Gasteiger partial charge in [0, 0.05) is 18.4 Å². The summed E-state index contributed by atoms with van der Waals surface area (Å²) in [4.78, 5) is 35.9. The minimum Gasteiger partial charge on any atom is -0.508 e. The minimum atomic E-state index is -0.422. The van der Waals surface area contributed by atoms with Gasteiger partial charge in [0.15, 0.2) is 0 Å². The van der Waals surface area contributed by atoms with Crippen molar-refractivity contribution in [1.29, 1.82) is 0 Å². The molecule has 2 aliphatic rings. The number of carbonyl (C=O) groups is 3. The molecule has 0 spiro atoms. The summed E-state index contributed by atoms with van der Waals surface area (Å²) in [5.41, 5.74) is 0.796. The molecule has 0 atom stereocenters. The number of hydrazine groups is 1. The Hall–Kier alpha value is -2.37. The third kappa shape index (κ3) is 1.68. The van der Waals surface area contributed by atoms with Crippen LogP contribution in [0.25, 0.3) is 0 Å². The van der Waals surface area contributed by atoms with Gasteiger partial charge in [-0.3, -0.25) is 14.4 Å². The number of nitrogens with zero attached hydrogens (tertiary/aromatic N) is 2. The Morgan fingerprint density at radius 2 is 1.74 bits per heavy atom. The van der Waals surface area contributed by atoms with E-state index in [0.29, 0.717) is 17.5 Å². The van der Waals surface area contributed by atoms with Crippen LogP contribution in [0.15, 0.2) is 18.2 Å². The number of phenols is 1. The van der Waals surface area contributed by atoms with Crippen LogP contribution >= 0.6 is 0 Å². The molecule has 0 saturated carbocycles. The predicted molar refractivity (Wildman–Crippen MR) is 63.7 cm³/mol. The second-order valence-corrected chi connectivity index (χ2v) is 4.62. The number of rotatable bonds is 1. The second kappa shape index (κ2) is 4.08. The molecule has 1 saturated heterocycles. The van der Waals surface area contributed by atoms with E-state index in [1.807, 2.05) is 0 Å². The maximum atomic E-state index is 12.2. The topological polar surface area (TPSA) is 77.9 Å². The molecule has 3 rings (SSSR count). The largest absolute Gasteiger partial charge is 0.508 e. The standard InChI is InChI=1S/C13H12N2O4/c16-10-4-1-3-8-9(10)7-14(13(8)19)15-11(17)5-2-6-12(15)18/h1,3-4,16H,2,5-7H2. The Bertz CT molecular complexity index is 580. The molecule has 0 unspecified atom stereocenters. The number of fused-ring (bicyclic) bond motifs is 1. The average Bonchev–Trinajstić information content (AvgIpc) is 2.69. The van der Waals surface area contributed by atoms with E-state index in [4.69, 9.17) is 0 Å². The van der Waals surface area contributed by atoms with Crippen LogP contribution in [0.4, 0.5) is 0 Å². The van der Waals surface area contributed by atoms with E-state index in [0.717, 1.165) is 10.0 Å². The summed E-state index contributed by atoms with van der Waals surface area (Å²) in [7, 11) is 0. The van der Waals surface area contributed by atoms with Crippen molar-refractivity contribution in [2.45, 2.75) is 25.8 Å². The first-order valence-electron chi connectivity index (χ1n) is 6.08. The number of phenolic OH excluding ortho intramolecular Hbond substituents is 1. The van der Waals surface area contributed by atoms with Gasteiger partial charge in [-0.1, -0.05) is 6.07 Å². The van der Waals surface area contributed by atoms with Crippen LogP contribution in [0.5, 0.6) is 5.75 Å². The summed E-state index contributed by atoms with van der Waals surface area (Å²) in [6.07, 6.45) is 1.05. The van der Waals surface area contributed by atoms with E-state index in [2.05, 4.69) is 0 Å². The van der Waals surface area contributed by atoms with Gasteiger partial charge in [-0.25, -0.2) is 5.01 Å². The molecule has 0 radical (unpaired) electrons. The highest BCUT2D eigenvalue weighted by Gasteiger charge is 2.39. The molecule has 3 amide bonds. The van der Waals surface area contributed by atoms with Crippen molar-refractivity contribution in [2.75, 3.05) is 0 Å². The van der Waals surface area contributed by atoms with Crippen LogP contribution in [0, 0.1) is 0 Å². The lowest BCUT2D eigenvalue weighted by atomic mass is 10.1. The lowest BCUT2D eigenvalue weighted by Gasteiger charge is -2.32. The molecule has 0 aromatic heterocycles. The first-order valence-corrected chi connectivity index (χ1v) is 6.08. The van der Waals surface area contributed by atoms with Crippen LogP contribution in [0.2, 0.25) is 0 Å². The van der Waals surface area contributed by atoms with Gasteiger partial charge in [0.05, 0.1) is 12.1 Å². The highest BCUT2D eigenvalue weighted by molar-refractivity contribution is 6.04. The number of imide groups is 1. The van der Waals surface area contributed by atoms with Gasteiger partial charge in [-0.05, 0) is 18.6 Å².